The molecule has 0 spiro atoms. The molecule has 1 saturated carbocycles. The Morgan fingerprint density at radius 1 is 1.38 bits per heavy atom. The third-order valence-corrected chi connectivity index (χ3v) is 5.73. The van der Waals surface area contributed by atoms with Crippen molar-refractivity contribution in [3.8, 4) is 5.75 Å². The number of nitrogens with zero attached hydrogens (tertiary/aromatic N) is 3. The Morgan fingerprint density at radius 3 is 2.83 bits per heavy atom. The highest BCUT2D eigenvalue weighted by molar-refractivity contribution is 5.37. The lowest BCUT2D eigenvalue weighted by Crippen LogP contribution is -2.23. The molecule has 0 amide bonds. The highest BCUT2D eigenvalue weighted by Gasteiger charge is 2.56. The van der Waals surface area contributed by atoms with E-state index >= 15 is 0 Å². The molecule has 29 heavy (non-hydrogen) atoms. The van der Waals surface area contributed by atoms with E-state index in [0.717, 1.165) is 29.8 Å². The van der Waals surface area contributed by atoms with Crippen molar-refractivity contribution in [3.63, 3.8) is 0 Å². The van der Waals surface area contributed by atoms with E-state index in [-0.39, 0.29) is 24.3 Å². The summed E-state index contributed by atoms with van der Waals surface area (Å²) in [7, 11) is 1.62. The normalized spacial score (nSPS) is 23.4. The Morgan fingerprint density at radius 2 is 2.17 bits per heavy atom. The van der Waals surface area contributed by atoms with Crippen LogP contribution in [0.3, 0.4) is 0 Å². The molecule has 1 N–H and O–H groups in total. The standard InChI is InChI=1S/C21H28FN3O4/c1-14-21(29-14,13-25-19(4-3-9-26)18(12-27-2)23-24-25)16-7-8-17(22)20(10-16)28-11-15-5-6-15/h7-8,10,14-15,26H,3-6,9,11-13H2,1-2H3/t14?,21-/m0/s1. The Balaban J connectivity index is 1.58. The van der Waals surface area contributed by atoms with Gasteiger partial charge in [-0.25, -0.2) is 9.07 Å². The minimum Gasteiger partial charge on any atom is -0.490 e. The quantitative estimate of drug-likeness (QED) is 0.579. The van der Waals surface area contributed by atoms with Gasteiger partial charge in [0.15, 0.2) is 11.6 Å². The summed E-state index contributed by atoms with van der Waals surface area (Å²) in [5.74, 6) is 0.465. The van der Waals surface area contributed by atoms with Crippen molar-refractivity contribution in [1.82, 2.24) is 15.0 Å². The van der Waals surface area contributed by atoms with Gasteiger partial charge in [0.2, 0.25) is 0 Å². The summed E-state index contributed by atoms with van der Waals surface area (Å²) in [4.78, 5) is 0. The molecule has 2 aliphatic rings. The van der Waals surface area contributed by atoms with Crippen LogP contribution in [0.4, 0.5) is 4.39 Å². The fourth-order valence-electron chi connectivity index (χ4n) is 3.70. The summed E-state index contributed by atoms with van der Waals surface area (Å²) < 4.78 is 33.0. The molecule has 8 heteroatoms. The zero-order valence-corrected chi connectivity index (χ0v) is 16.9. The van der Waals surface area contributed by atoms with Gasteiger partial charge < -0.3 is 19.3 Å². The molecule has 2 fully saturated rings. The monoisotopic (exact) mass is 405 g/mol. The van der Waals surface area contributed by atoms with Crippen LogP contribution in [0.2, 0.25) is 0 Å². The van der Waals surface area contributed by atoms with Gasteiger partial charge in [0.05, 0.1) is 31.6 Å². The lowest BCUT2D eigenvalue weighted by atomic mass is 9.95. The fourth-order valence-corrected chi connectivity index (χ4v) is 3.70. The smallest absolute Gasteiger partial charge is 0.165 e. The van der Waals surface area contributed by atoms with Gasteiger partial charge in [0.25, 0.3) is 0 Å². The summed E-state index contributed by atoms with van der Waals surface area (Å²) in [6.07, 6.45) is 3.52. The predicted molar refractivity (Wildman–Crippen MR) is 103 cm³/mol. The SMILES string of the molecule is COCc1nnn(C[C@]2(c3ccc(F)c(OCC4CC4)c3)OC2C)c1CCCO. The van der Waals surface area contributed by atoms with Crippen LogP contribution in [0.1, 0.15) is 43.1 Å². The van der Waals surface area contributed by atoms with Gasteiger partial charge in [-0.2, -0.15) is 0 Å². The molecule has 0 radical (unpaired) electrons. The number of benzene rings is 1. The molecular formula is C21H28FN3O4. The molecule has 1 aliphatic carbocycles. The van der Waals surface area contributed by atoms with Crippen molar-refractivity contribution in [2.24, 2.45) is 5.92 Å². The first-order valence-corrected chi connectivity index (χ1v) is 10.2. The number of hydrogen-bond acceptors (Lipinski definition) is 6. The lowest BCUT2D eigenvalue weighted by molar-refractivity contribution is 0.180. The van der Waals surface area contributed by atoms with E-state index in [1.807, 2.05) is 11.6 Å². The molecule has 1 aromatic carbocycles. The van der Waals surface area contributed by atoms with E-state index in [2.05, 4.69) is 10.3 Å². The first-order chi connectivity index (χ1) is 14.1. The van der Waals surface area contributed by atoms with Crippen LogP contribution < -0.4 is 4.74 Å². The molecule has 158 valence electrons. The van der Waals surface area contributed by atoms with Crippen molar-refractivity contribution < 1.29 is 23.7 Å². The van der Waals surface area contributed by atoms with Crippen LogP contribution in [-0.4, -0.2) is 46.5 Å². The second kappa shape index (κ2) is 8.38. The average Bonchev–Trinajstić information content (AvgIpc) is 3.61. The van der Waals surface area contributed by atoms with E-state index in [9.17, 15) is 9.50 Å². The Hall–Kier alpha value is -2.03. The Bertz CT molecular complexity index is 854. The number of epoxide rings is 1. The molecule has 2 atom stereocenters. The number of methoxy groups -OCH3 is 1. The van der Waals surface area contributed by atoms with Gasteiger partial charge in [-0.05, 0) is 56.2 Å². The fraction of sp³-hybridized carbons (Fsp3) is 0.619. The number of aliphatic hydroxyl groups is 1. The number of aliphatic hydroxyl groups excluding tert-OH is 1. The number of halogens is 1. The first-order valence-electron chi connectivity index (χ1n) is 10.2. The number of aromatic nitrogens is 3. The first kappa shape index (κ1) is 20.3. The highest BCUT2D eigenvalue weighted by atomic mass is 19.1. The van der Waals surface area contributed by atoms with Crippen LogP contribution in [0.5, 0.6) is 5.75 Å². The second-order valence-electron chi connectivity index (χ2n) is 7.95. The van der Waals surface area contributed by atoms with E-state index in [1.54, 1.807) is 19.2 Å². The molecule has 1 saturated heterocycles. The highest BCUT2D eigenvalue weighted by Crippen LogP contribution is 2.48. The largest absolute Gasteiger partial charge is 0.490 e. The van der Waals surface area contributed by atoms with E-state index in [1.165, 1.54) is 6.07 Å². The summed E-state index contributed by atoms with van der Waals surface area (Å²) in [6, 6.07) is 4.95. The summed E-state index contributed by atoms with van der Waals surface area (Å²) in [5, 5.41) is 17.8. The van der Waals surface area contributed by atoms with Crippen molar-refractivity contribution in [2.75, 3.05) is 20.3 Å². The van der Waals surface area contributed by atoms with Gasteiger partial charge in [-0.3, -0.25) is 0 Å². The third kappa shape index (κ3) is 4.29. The van der Waals surface area contributed by atoms with E-state index in [4.69, 9.17) is 14.2 Å². The maximum atomic E-state index is 14.2. The molecule has 1 unspecified atom stereocenters. The third-order valence-electron chi connectivity index (χ3n) is 5.73. The maximum Gasteiger partial charge on any atom is 0.165 e. The topological polar surface area (TPSA) is 81.9 Å². The average molecular weight is 405 g/mol. The summed E-state index contributed by atoms with van der Waals surface area (Å²) in [5.41, 5.74) is 1.96. The molecule has 1 aromatic heterocycles. The maximum absolute atomic E-state index is 14.2. The molecule has 0 bridgehead atoms. The number of ether oxygens (including phenoxy) is 3. The van der Waals surface area contributed by atoms with Crippen LogP contribution in [0.25, 0.3) is 0 Å². The van der Waals surface area contributed by atoms with E-state index < -0.39 is 5.60 Å². The van der Waals surface area contributed by atoms with Crippen molar-refractivity contribution in [2.45, 2.75) is 57.5 Å². The zero-order chi connectivity index (χ0) is 20.4. The molecular weight excluding hydrogens is 377 g/mol. The molecule has 4 rings (SSSR count). The van der Waals surface area contributed by atoms with Crippen LogP contribution in [0, 0.1) is 11.7 Å². The van der Waals surface area contributed by atoms with Crippen LogP contribution in [-0.2, 0) is 34.6 Å². The molecule has 7 nitrogen and oxygen atoms in total. The van der Waals surface area contributed by atoms with Crippen LogP contribution >= 0.6 is 0 Å². The van der Waals surface area contributed by atoms with Crippen molar-refractivity contribution in [3.05, 3.63) is 41.0 Å². The molecule has 2 heterocycles. The summed E-state index contributed by atoms with van der Waals surface area (Å²) >= 11 is 0. The van der Waals surface area contributed by atoms with Crippen molar-refractivity contribution in [1.29, 1.82) is 0 Å². The van der Waals surface area contributed by atoms with Gasteiger partial charge >= 0.3 is 0 Å². The molecule has 2 aromatic rings. The summed E-state index contributed by atoms with van der Waals surface area (Å²) in [6.45, 7) is 3.46. The predicted octanol–water partition coefficient (Wildman–Crippen LogP) is 2.59. The van der Waals surface area contributed by atoms with Gasteiger partial charge in [0.1, 0.15) is 11.3 Å². The second-order valence-corrected chi connectivity index (χ2v) is 7.95. The zero-order valence-electron chi connectivity index (χ0n) is 16.9. The van der Waals surface area contributed by atoms with Gasteiger partial charge in [0, 0.05) is 13.7 Å². The minimum absolute atomic E-state index is 0.0370. The van der Waals surface area contributed by atoms with Crippen molar-refractivity contribution >= 4 is 0 Å². The number of hydrogen-bond donors (Lipinski definition) is 1. The Kier molecular flexibility index (Phi) is 5.85. The van der Waals surface area contributed by atoms with Gasteiger partial charge in [-0.15, -0.1) is 5.10 Å². The van der Waals surface area contributed by atoms with E-state index in [0.29, 0.717) is 38.5 Å². The Labute approximate surface area is 169 Å². The minimum atomic E-state index is -0.600. The van der Waals surface area contributed by atoms with Gasteiger partial charge in [-0.1, -0.05) is 11.3 Å². The lowest BCUT2D eigenvalue weighted by Gasteiger charge is -2.17. The number of rotatable bonds is 11. The van der Waals surface area contributed by atoms with Crippen LogP contribution in [0.15, 0.2) is 18.2 Å². The molecule has 1 aliphatic heterocycles.